The number of hydrazine groups is 1. The minimum Gasteiger partial charge on any atom is -0.325 e. The van der Waals surface area contributed by atoms with E-state index in [0.717, 1.165) is 6.42 Å². The van der Waals surface area contributed by atoms with Crippen molar-refractivity contribution in [2.45, 2.75) is 42.7 Å². The highest BCUT2D eigenvalue weighted by molar-refractivity contribution is 7.89. The molecule has 0 aliphatic carbocycles. The molecule has 2 N–H and O–H groups in total. The number of hydrogen-bond acceptors (Lipinski definition) is 6. The molecule has 1 unspecified atom stereocenters. The lowest BCUT2D eigenvalue weighted by molar-refractivity contribution is -0.133. The van der Waals surface area contributed by atoms with Crippen LogP contribution in [0.5, 0.6) is 0 Å². The fourth-order valence-corrected chi connectivity index (χ4v) is 5.34. The third kappa shape index (κ3) is 4.47. The fourth-order valence-electron chi connectivity index (χ4n) is 3.75. The number of halogens is 1. The number of carbonyl (C=O) groups excluding carboxylic acids is 1. The molecule has 3 rings (SSSR count). The molecule has 0 radical (unpaired) electrons. The van der Waals surface area contributed by atoms with Crippen LogP contribution in [0.3, 0.4) is 0 Å². The topological polar surface area (TPSA) is 111 Å². The average Bonchev–Trinajstić information content (AvgIpc) is 3.17. The second-order valence-electron chi connectivity index (χ2n) is 7.14. The summed E-state index contributed by atoms with van der Waals surface area (Å²) < 4.78 is 26.9. The molecule has 1 aromatic carbocycles. The minimum atomic E-state index is -3.57. The van der Waals surface area contributed by atoms with Gasteiger partial charge in [0.15, 0.2) is 0 Å². The summed E-state index contributed by atoms with van der Waals surface area (Å²) in [5.41, 5.74) is 0. The molecule has 1 aromatic rings. The van der Waals surface area contributed by atoms with Crippen LogP contribution in [-0.4, -0.2) is 66.8 Å². The molecule has 0 bridgehead atoms. The zero-order valence-corrected chi connectivity index (χ0v) is 17.1. The Labute approximate surface area is 170 Å². The number of nitriles is 1. The third-order valence-electron chi connectivity index (χ3n) is 5.38. The van der Waals surface area contributed by atoms with E-state index in [2.05, 4.69) is 6.07 Å². The summed E-state index contributed by atoms with van der Waals surface area (Å²) in [4.78, 5) is 14.2. The van der Waals surface area contributed by atoms with Gasteiger partial charge in [-0.1, -0.05) is 11.6 Å². The molecule has 0 saturated carbocycles. The predicted molar refractivity (Wildman–Crippen MR) is 104 cm³/mol. The zero-order chi connectivity index (χ0) is 20.3. The SMILES string of the molecule is N#CC1CCCN1C(=O)CN(N)C1CCN(S(=O)(=O)c2ccc(Cl)cc2)CC1. The number of piperidine rings is 1. The quantitative estimate of drug-likeness (QED) is 0.560. The van der Waals surface area contributed by atoms with E-state index in [0.29, 0.717) is 43.9 Å². The maximum absolute atomic E-state index is 12.7. The lowest BCUT2D eigenvalue weighted by atomic mass is 10.1. The highest BCUT2D eigenvalue weighted by Crippen LogP contribution is 2.24. The van der Waals surface area contributed by atoms with Crippen molar-refractivity contribution >= 4 is 27.5 Å². The fraction of sp³-hybridized carbons (Fsp3) is 0.556. The standard InChI is InChI=1S/C18H24ClN5O3S/c19-14-3-5-17(6-4-14)28(26,27)22-10-7-15(8-11-22)24(21)13-18(25)23-9-1-2-16(23)12-20/h3-6,15-16H,1-2,7-11,13,21H2. The van der Waals surface area contributed by atoms with Crippen molar-refractivity contribution in [3.05, 3.63) is 29.3 Å². The van der Waals surface area contributed by atoms with Crippen LogP contribution in [0.15, 0.2) is 29.2 Å². The number of nitrogens with zero attached hydrogens (tertiary/aromatic N) is 4. The van der Waals surface area contributed by atoms with Gasteiger partial charge in [-0.3, -0.25) is 10.6 Å². The van der Waals surface area contributed by atoms with E-state index < -0.39 is 10.0 Å². The van der Waals surface area contributed by atoms with Crippen molar-refractivity contribution < 1.29 is 13.2 Å². The Bertz CT molecular complexity index is 847. The summed E-state index contributed by atoms with van der Waals surface area (Å²) in [5, 5.41) is 11.1. The van der Waals surface area contributed by atoms with E-state index in [9.17, 15) is 13.2 Å². The molecule has 2 heterocycles. The molecule has 1 atom stereocenters. The lowest BCUT2D eigenvalue weighted by Crippen LogP contribution is -2.53. The summed E-state index contributed by atoms with van der Waals surface area (Å²) in [6.45, 7) is 1.29. The van der Waals surface area contributed by atoms with Crippen LogP contribution in [0.1, 0.15) is 25.7 Å². The van der Waals surface area contributed by atoms with Crippen molar-refractivity contribution in [1.29, 1.82) is 5.26 Å². The summed E-state index contributed by atoms with van der Waals surface area (Å²) in [7, 11) is -3.57. The van der Waals surface area contributed by atoms with Crippen molar-refractivity contribution in [1.82, 2.24) is 14.2 Å². The summed E-state index contributed by atoms with van der Waals surface area (Å²) >= 11 is 5.83. The molecular formula is C18H24ClN5O3S. The first kappa shape index (κ1) is 21.0. The van der Waals surface area contributed by atoms with Gasteiger partial charge in [-0.05, 0) is 49.9 Å². The van der Waals surface area contributed by atoms with Crippen molar-refractivity contribution in [2.24, 2.45) is 5.84 Å². The Kier molecular flexibility index (Phi) is 6.58. The van der Waals surface area contributed by atoms with E-state index in [1.165, 1.54) is 21.4 Å². The molecule has 2 aliphatic rings. The highest BCUT2D eigenvalue weighted by Gasteiger charge is 2.33. The summed E-state index contributed by atoms with van der Waals surface area (Å²) in [6, 6.07) is 7.82. The summed E-state index contributed by atoms with van der Waals surface area (Å²) in [5.74, 6) is 5.96. The largest absolute Gasteiger partial charge is 0.325 e. The molecule has 2 fully saturated rings. The molecule has 8 nitrogen and oxygen atoms in total. The van der Waals surface area contributed by atoms with Crippen LogP contribution in [0.4, 0.5) is 0 Å². The first-order valence-electron chi connectivity index (χ1n) is 9.29. The maximum atomic E-state index is 12.7. The third-order valence-corrected chi connectivity index (χ3v) is 7.55. The molecule has 0 aromatic heterocycles. The van der Waals surface area contributed by atoms with Crippen LogP contribution in [0, 0.1) is 11.3 Å². The lowest BCUT2D eigenvalue weighted by Gasteiger charge is -2.36. The van der Waals surface area contributed by atoms with Gasteiger partial charge in [0.25, 0.3) is 0 Å². The number of likely N-dealkylation sites (tertiary alicyclic amines) is 1. The van der Waals surface area contributed by atoms with Gasteiger partial charge in [0.05, 0.1) is 17.5 Å². The summed E-state index contributed by atoms with van der Waals surface area (Å²) in [6.07, 6.45) is 2.61. The van der Waals surface area contributed by atoms with Crippen molar-refractivity contribution in [3.8, 4) is 6.07 Å². The average molecular weight is 426 g/mol. The first-order valence-corrected chi connectivity index (χ1v) is 11.1. The predicted octanol–water partition coefficient (Wildman–Crippen LogP) is 1.18. The minimum absolute atomic E-state index is 0.0345. The van der Waals surface area contributed by atoms with Crippen LogP contribution in [0.2, 0.25) is 5.02 Å². The first-order chi connectivity index (χ1) is 13.3. The molecule has 2 saturated heterocycles. The Morgan fingerprint density at radius 1 is 1.21 bits per heavy atom. The van der Waals surface area contributed by atoms with Gasteiger partial charge in [-0.25, -0.2) is 13.4 Å². The van der Waals surface area contributed by atoms with E-state index in [1.807, 2.05) is 0 Å². The van der Waals surface area contributed by atoms with Crippen molar-refractivity contribution in [2.75, 3.05) is 26.2 Å². The van der Waals surface area contributed by atoms with E-state index in [-0.39, 0.29) is 29.4 Å². The van der Waals surface area contributed by atoms with Gasteiger partial charge >= 0.3 is 0 Å². The van der Waals surface area contributed by atoms with Crippen LogP contribution in [-0.2, 0) is 14.8 Å². The molecule has 2 aliphatic heterocycles. The van der Waals surface area contributed by atoms with Gasteiger partial charge in [-0.2, -0.15) is 9.57 Å². The molecule has 152 valence electrons. The van der Waals surface area contributed by atoms with Gasteiger partial charge in [0.1, 0.15) is 6.04 Å². The molecule has 10 heteroatoms. The number of carbonyl (C=O) groups is 1. The van der Waals surface area contributed by atoms with E-state index in [1.54, 1.807) is 17.0 Å². The zero-order valence-electron chi connectivity index (χ0n) is 15.5. The number of nitrogens with two attached hydrogens (primary N) is 1. The van der Waals surface area contributed by atoms with Crippen LogP contribution < -0.4 is 5.84 Å². The smallest absolute Gasteiger partial charge is 0.243 e. The molecular weight excluding hydrogens is 402 g/mol. The molecule has 0 spiro atoms. The van der Waals surface area contributed by atoms with Crippen LogP contribution >= 0.6 is 11.6 Å². The van der Waals surface area contributed by atoms with Gasteiger partial charge in [0, 0.05) is 30.7 Å². The van der Waals surface area contributed by atoms with Crippen LogP contribution in [0.25, 0.3) is 0 Å². The highest BCUT2D eigenvalue weighted by atomic mass is 35.5. The number of sulfonamides is 1. The van der Waals surface area contributed by atoms with Gasteiger partial charge in [-0.15, -0.1) is 0 Å². The number of benzene rings is 1. The Hall–Kier alpha value is -1.70. The number of hydrogen-bond donors (Lipinski definition) is 1. The Morgan fingerprint density at radius 2 is 1.86 bits per heavy atom. The monoisotopic (exact) mass is 425 g/mol. The second-order valence-corrected chi connectivity index (χ2v) is 9.51. The maximum Gasteiger partial charge on any atom is 0.243 e. The van der Waals surface area contributed by atoms with Gasteiger partial charge in [0.2, 0.25) is 15.9 Å². The van der Waals surface area contributed by atoms with E-state index >= 15 is 0 Å². The van der Waals surface area contributed by atoms with Gasteiger partial charge < -0.3 is 4.90 Å². The molecule has 28 heavy (non-hydrogen) atoms. The second kappa shape index (κ2) is 8.76. The normalized spacial score (nSPS) is 21.8. The number of rotatable bonds is 5. The Morgan fingerprint density at radius 3 is 2.46 bits per heavy atom. The van der Waals surface area contributed by atoms with Crippen molar-refractivity contribution in [3.63, 3.8) is 0 Å². The molecule has 1 amide bonds. The number of amides is 1. The van der Waals surface area contributed by atoms with E-state index in [4.69, 9.17) is 22.7 Å². The Balaban J connectivity index is 1.55.